The van der Waals surface area contributed by atoms with Gasteiger partial charge in [0, 0.05) is 30.7 Å². The molecule has 0 saturated carbocycles. The van der Waals surface area contributed by atoms with Crippen LogP contribution in [0.15, 0.2) is 54.9 Å². The minimum atomic E-state index is -1.98. The fraction of sp³-hybridized carbons (Fsp3) is 0.192. The average molecular weight is 623 g/mol. The van der Waals surface area contributed by atoms with Crippen molar-refractivity contribution in [3.8, 4) is 23.8 Å². The third kappa shape index (κ3) is 6.35. The first kappa shape index (κ1) is 30.1. The monoisotopic (exact) mass is 623 g/mol. The number of anilines is 1. The minimum Gasteiger partial charge on any atom is -0.430 e. The zero-order valence-corrected chi connectivity index (χ0v) is 22.5. The van der Waals surface area contributed by atoms with Crippen LogP contribution in [0.1, 0.15) is 12.6 Å². The number of nitrogen functional groups attached to an aromatic ring is 1. The Labute approximate surface area is 249 Å². The van der Waals surface area contributed by atoms with Gasteiger partial charge in [-0.25, -0.2) is 14.6 Å². The van der Waals surface area contributed by atoms with Gasteiger partial charge in [-0.2, -0.15) is 14.4 Å². The van der Waals surface area contributed by atoms with Crippen molar-refractivity contribution in [3.05, 3.63) is 81.2 Å². The normalized spacial score (nSPS) is 18.9. The van der Waals surface area contributed by atoms with E-state index in [-0.39, 0.29) is 46.3 Å². The van der Waals surface area contributed by atoms with E-state index in [1.54, 1.807) is 0 Å². The van der Waals surface area contributed by atoms with Crippen LogP contribution in [-0.2, 0) is 14.2 Å². The van der Waals surface area contributed by atoms with E-state index in [9.17, 15) is 34.2 Å². The van der Waals surface area contributed by atoms with E-state index in [1.165, 1.54) is 10.9 Å². The first-order valence-electron chi connectivity index (χ1n) is 12.5. The lowest BCUT2D eigenvalue weighted by Gasteiger charge is -2.27. The van der Waals surface area contributed by atoms with Gasteiger partial charge in [-0.3, -0.25) is 24.8 Å². The second-order valence-electron chi connectivity index (χ2n) is 9.15. The molecule has 1 fully saturated rings. The van der Waals surface area contributed by atoms with Gasteiger partial charge in [0.1, 0.15) is 24.3 Å². The van der Waals surface area contributed by atoms with Gasteiger partial charge in [-0.1, -0.05) is 5.92 Å². The Morgan fingerprint density at radius 1 is 1.04 bits per heavy atom. The number of ether oxygens (including phenoxy) is 5. The summed E-state index contributed by atoms with van der Waals surface area (Å²) in [5.41, 5.74) is 3.22. The molecule has 5 rings (SSSR count). The quantitative estimate of drug-likeness (QED) is 0.0738. The lowest BCUT2D eigenvalue weighted by atomic mass is 9.98. The number of halogens is 1. The summed E-state index contributed by atoms with van der Waals surface area (Å²) >= 11 is 0. The molecule has 19 heteroatoms. The van der Waals surface area contributed by atoms with E-state index in [4.69, 9.17) is 35.8 Å². The molecule has 1 aliphatic heterocycles. The van der Waals surface area contributed by atoms with E-state index in [1.807, 2.05) is 0 Å². The van der Waals surface area contributed by atoms with Gasteiger partial charge in [-0.15, -0.1) is 6.42 Å². The number of carbonyl (C=O) groups is 2. The van der Waals surface area contributed by atoms with Crippen molar-refractivity contribution in [2.75, 3.05) is 12.3 Å². The largest absolute Gasteiger partial charge is 0.514 e. The number of aromatic nitrogens is 4. The highest BCUT2D eigenvalue weighted by Crippen LogP contribution is 2.40. The first-order valence-corrected chi connectivity index (χ1v) is 12.5. The van der Waals surface area contributed by atoms with Crippen LogP contribution in [-0.4, -0.2) is 60.0 Å². The maximum atomic E-state index is 14.0. The third-order valence-corrected chi connectivity index (χ3v) is 6.40. The number of nitrogens with zero attached hydrogens (tertiary/aromatic N) is 6. The zero-order valence-electron chi connectivity index (χ0n) is 22.5. The number of fused-ring (bicyclic) bond motifs is 1. The third-order valence-electron chi connectivity index (χ3n) is 6.40. The topological polar surface area (TPSA) is 236 Å². The van der Waals surface area contributed by atoms with Crippen LogP contribution >= 0.6 is 0 Å². The number of non-ortho nitro benzene ring substituents is 2. The highest BCUT2D eigenvalue weighted by molar-refractivity contribution is 5.81. The summed E-state index contributed by atoms with van der Waals surface area (Å²) < 4.78 is 42.0. The van der Waals surface area contributed by atoms with Gasteiger partial charge in [0.25, 0.3) is 11.4 Å². The van der Waals surface area contributed by atoms with E-state index >= 15 is 0 Å². The number of nitrogens with two attached hydrogens (primary N) is 1. The molecule has 2 aromatic carbocycles. The maximum absolute atomic E-state index is 14.0. The number of nitro benzene ring substituents is 2. The summed E-state index contributed by atoms with van der Waals surface area (Å²) in [7, 11) is 0. The number of rotatable bonds is 8. The van der Waals surface area contributed by atoms with Crippen molar-refractivity contribution in [2.45, 2.75) is 24.4 Å². The Kier molecular flexibility index (Phi) is 8.05. The highest BCUT2D eigenvalue weighted by atomic mass is 19.1. The molecule has 0 radical (unpaired) electrons. The van der Waals surface area contributed by atoms with Gasteiger partial charge in [0.15, 0.2) is 23.1 Å². The van der Waals surface area contributed by atoms with Gasteiger partial charge in [-0.05, 0) is 24.3 Å². The molecule has 0 spiro atoms. The Morgan fingerprint density at radius 3 is 2.18 bits per heavy atom. The van der Waals surface area contributed by atoms with E-state index < -0.39 is 52.8 Å². The molecule has 4 aromatic rings. The summed E-state index contributed by atoms with van der Waals surface area (Å²) in [6, 6.07) is 9.06. The zero-order chi connectivity index (χ0) is 32.3. The second-order valence-corrected chi connectivity index (χ2v) is 9.15. The Morgan fingerprint density at radius 2 is 1.62 bits per heavy atom. The van der Waals surface area contributed by atoms with Crippen LogP contribution in [0.3, 0.4) is 0 Å². The molecule has 0 amide bonds. The predicted octanol–water partition coefficient (Wildman–Crippen LogP) is 3.45. The minimum absolute atomic E-state index is 0.0381. The number of hydrogen-bond donors (Lipinski definition) is 1. The molecule has 3 heterocycles. The predicted molar refractivity (Wildman–Crippen MR) is 145 cm³/mol. The van der Waals surface area contributed by atoms with Crippen LogP contribution in [0.4, 0.5) is 31.2 Å². The Bertz CT molecular complexity index is 1840. The molecule has 230 valence electrons. The summed E-state index contributed by atoms with van der Waals surface area (Å²) in [5, 5.41) is 21.7. The summed E-state index contributed by atoms with van der Waals surface area (Å²) in [4.78, 5) is 56.9. The van der Waals surface area contributed by atoms with Gasteiger partial charge in [0.2, 0.25) is 5.60 Å². The molecule has 1 unspecified atom stereocenters. The Balaban J connectivity index is 1.37. The molecule has 1 aliphatic rings. The molecule has 18 nitrogen and oxygen atoms in total. The van der Waals surface area contributed by atoms with Crippen molar-refractivity contribution in [2.24, 2.45) is 0 Å². The van der Waals surface area contributed by atoms with E-state index in [0.29, 0.717) is 0 Å². The number of nitro groups is 2. The van der Waals surface area contributed by atoms with Crippen molar-refractivity contribution in [3.63, 3.8) is 0 Å². The smallest absolute Gasteiger partial charge is 0.430 e. The summed E-state index contributed by atoms with van der Waals surface area (Å²) in [6.07, 6.45) is 0.536. The summed E-state index contributed by atoms with van der Waals surface area (Å²) in [6.45, 7) is -0.751. The van der Waals surface area contributed by atoms with E-state index in [0.717, 1.165) is 48.5 Å². The van der Waals surface area contributed by atoms with Crippen LogP contribution in [0.5, 0.6) is 11.5 Å². The summed E-state index contributed by atoms with van der Waals surface area (Å²) in [5.74, 6) is 1.87. The molecule has 1 saturated heterocycles. The maximum Gasteiger partial charge on any atom is 0.514 e. The number of terminal acetylenes is 1. The highest BCUT2D eigenvalue weighted by Gasteiger charge is 2.53. The number of imidazole rings is 1. The Hall–Kier alpha value is -6.42. The number of hydrogen-bond acceptors (Lipinski definition) is 15. The van der Waals surface area contributed by atoms with Gasteiger partial charge >= 0.3 is 18.4 Å². The van der Waals surface area contributed by atoms with Crippen LogP contribution < -0.4 is 15.2 Å². The molecular formula is C26H18FN7O11. The standard InChI is InChI=1S/C26H18FN7O11/c1-2-26(12-41-24(35)42-16-7-3-14(4-8-16)33(37)38)18(44-25(36)43-17-9-5-15(6-10-17)34(39)40)11-19(45-26)32-13-29-20-21(28)30-23(27)31-22(20)32/h1,3-10,13,18-19H,11-12H2,(H2,28,30,31)/t18-,19?,26+/m0/s1. The van der Waals surface area contributed by atoms with Crippen molar-refractivity contribution < 1.29 is 47.5 Å². The SMILES string of the molecule is C#C[C@]1(COC(=O)Oc2ccc([N+](=O)[O-])cc2)OC(n2cnc3c(N)nc(F)nc32)C[C@@H]1OC(=O)Oc1ccc([N+](=O)[O-])cc1. The fourth-order valence-corrected chi connectivity index (χ4v) is 4.27. The molecule has 45 heavy (non-hydrogen) atoms. The van der Waals surface area contributed by atoms with Crippen LogP contribution in [0.2, 0.25) is 0 Å². The molecule has 0 bridgehead atoms. The number of benzene rings is 2. The molecule has 3 atom stereocenters. The molecule has 2 N–H and O–H groups in total. The lowest BCUT2D eigenvalue weighted by molar-refractivity contribution is -0.385. The van der Waals surface area contributed by atoms with Crippen molar-refractivity contribution >= 4 is 40.7 Å². The lowest BCUT2D eigenvalue weighted by Crippen LogP contribution is -2.46. The van der Waals surface area contributed by atoms with Crippen molar-refractivity contribution in [1.29, 1.82) is 0 Å². The second kappa shape index (κ2) is 12.1. The molecular weight excluding hydrogens is 605 g/mol. The van der Waals surface area contributed by atoms with Crippen LogP contribution in [0, 0.1) is 38.7 Å². The fourth-order valence-electron chi connectivity index (χ4n) is 4.27. The first-order chi connectivity index (χ1) is 21.5. The van der Waals surface area contributed by atoms with Gasteiger partial charge in [0.05, 0.1) is 16.2 Å². The average Bonchev–Trinajstić information content (AvgIpc) is 3.58. The molecule has 0 aliphatic carbocycles. The number of carbonyl (C=O) groups excluding carboxylic acids is 2. The van der Waals surface area contributed by atoms with Gasteiger partial charge < -0.3 is 29.4 Å². The molecule has 2 aromatic heterocycles. The van der Waals surface area contributed by atoms with Crippen molar-refractivity contribution in [1.82, 2.24) is 19.5 Å². The van der Waals surface area contributed by atoms with Crippen LogP contribution in [0.25, 0.3) is 11.2 Å². The van der Waals surface area contributed by atoms with E-state index in [2.05, 4.69) is 20.9 Å².